The SMILES string of the molecule is Cc1ccc(C2CNCCC2c2cccc(C)c2C)cc1. The number of piperidine rings is 1. The second-order valence-electron chi connectivity index (χ2n) is 6.41. The molecule has 0 bridgehead atoms. The molecule has 1 fully saturated rings. The molecule has 1 aliphatic rings. The fourth-order valence-electron chi connectivity index (χ4n) is 3.57. The molecule has 0 radical (unpaired) electrons. The minimum atomic E-state index is 0.583. The molecule has 2 aromatic carbocycles. The van der Waals surface area contributed by atoms with Crippen LogP contribution in [0.15, 0.2) is 42.5 Å². The summed E-state index contributed by atoms with van der Waals surface area (Å²) in [6, 6.07) is 15.9. The van der Waals surface area contributed by atoms with Gasteiger partial charge in [-0.3, -0.25) is 0 Å². The van der Waals surface area contributed by atoms with Gasteiger partial charge < -0.3 is 5.32 Å². The highest BCUT2D eigenvalue weighted by molar-refractivity contribution is 5.39. The molecule has 1 aliphatic heterocycles. The van der Waals surface area contributed by atoms with Crippen LogP contribution >= 0.6 is 0 Å². The Hall–Kier alpha value is -1.60. The molecule has 3 rings (SSSR count). The van der Waals surface area contributed by atoms with Crippen LogP contribution in [0.2, 0.25) is 0 Å². The number of benzene rings is 2. The highest BCUT2D eigenvalue weighted by atomic mass is 14.9. The van der Waals surface area contributed by atoms with Gasteiger partial charge in [-0.1, -0.05) is 48.0 Å². The van der Waals surface area contributed by atoms with E-state index in [1.807, 2.05) is 0 Å². The van der Waals surface area contributed by atoms with Crippen molar-refractivity contribution in [2.45, 2.75) is 39.0 Å². The summed E-state index contributed by atoms with van der Waals surface area (Å²) < 4.78 is 0. The first kappa shape index (κ1) is 14.3. The Bertz CT molecular complexity index is 612. The number of hydrogen-bond acceptors (Lipinski definition) is 1. The number of nitrogens with one attached hydrogen (secondary N) is 1. The summed E-state index contributed by atoms with van der Waals surface area (Å²) >= 11 is 0. The maximum absolute atomic E-state index is 3.58. The molecule has 1 saturated heterocycles. The minimum absolute atomic E-state index is 0.583. The van der Waals surface area contributed by atoms with Gasteiger partial charge in [-0.2, -0.15) is 0 Å². The standard InChI is InChI=1S/C20H25N/c1-14-7-9-17(10-8-14)20-13-21-12-11-19(20)18-6-4-5-15(2)16(18)3/h4-10,19-21H,11-13H2,1-3H3. The summed E-state index contributed by atoms with van der Waals surface area (Å²) in [4.78, 5) is 0. The molecule has 0 aromatic heterocycles. The zero-order valence-electron chi connectivity index (χ0n) is 13.3. The lowest BCUT2D eigenvalue weighted by Gasteiger charge is -2.34. The lowest BCUT2D eigenvalue weighted by Crippen LogP contribution is -2.34. The van der Waals surface area contributed by atoms with E-state index in [-0.39, 0.29) is 0 Å². The van der Waals surface area contributed by atoms with Crippen LogP contribution in [0.1, 0.15) is 46.1 Å². The van der Waals surface area contributed by atoms with Crippen LogP contribution in [-0.4, -0.2) is 13.1 Å². The van der Waals surface area contributed by atoms with Gasteiger partial charge in [0, 0.05) is 12.5 Å². The summed E-state index contributed by atoms with van der Waals surface area (Å²) in [6.07, 6.45) is 1.23. The van der Waals surface area contributed by atoms with Gasteiger partial charge in [0.2, 0.25) is 0 Å². The Morgan fingerprint density at radius 2 is 1.67 bits per heavy atom. The summed E-state index contributed by atoms with van der Waals surface area (Å²) in [7, 11) is 0. The maximum Gasteiger partial charge on any atom is 0.00327 e. The number of hydrogen-bond donors (Lipinski definition) is 1. The average molecular weight is 279 g/mol. The van der Waals surface area contributed by atoms with Gasteiger partial charge in [-0.05, 0) is 61.9 Å². The van der Waals surface area contributed by atoms with Crippen LogP contribution in [0.3, 0.4) is 0 Å². The summed E-state index contributed by atoms with van der Waals surface area (Å²) in [6.45, 7) is 8.87. The van der Waals surface area contributed by atoms with Crippen molar-refractivity contribution in [2.75, 3.05) is 13.1 Å². The number of rotatable bonds is 2. The second kappa shape index (κ2) is 6.03. The maximum atomic E-state index is 3.58. The summed E-state index contributed by atoms with van der Waals surface area (Å²) in [5.74, 6) is 1.22. The highest BCUT2D eigenvalue weighted by Gasteiger charge is 2.28. The third kappa shape index (κ3) is 2.89. The van der Waals surface area contributed by atoms with Crippen LogP contribution in [0.25, 0.3) is 0 Å². The van der Waals surface area contributed by atoms with Crippen molar-refractivity contribution < 1.29 is 0 Å². The molecule has 1 heteroatoms. The third-order valence-electron chi connectivity index (χ3n) is 5.03. The average Bonchev–Trinajstić information content (AvgIpc) is 2.51. The van der Waals surface area contributed by atoms with E-state index in [1.165, 1.54) is 28.7 Å². The van der Waals surface area contributed by atoms with E-state index in [9.17, 15) is 0 Å². The quantitative estimate of drug-likeness (QED) is 0.855. The van der Waals surface area contributed by atoms with Crippen LogP contribution in [-0.2, 0) is 0 Å². The fraction of sp³-hybridized carbons (Fsp3) is 0.400. The third-order valence-corrected chi connectivity index (χ3v) is 5.03. The van der Waals surface area contributed by atoms with Crippen molar-refractivity contribution in [3.63, 3.8) is 0 Å². The molecule has 1 N–H and O–H groups in total. The second-order valence-corrected chi connectivity index (χ2v) is 6.41. The van der Waals surface area contributed by atoms with Crippen molar-refractivity contribution in [2.24, 2.45) is 0 Å². The predicted octanol–water partition coefficient (Wildman–Crippen LogP) is 4.47. The first-order chi connectivity index (χ1) is 10.2. The first-order valence-electron chi connectivity index (χ1n) is 8.00. The van der Waals surface area contributed by atoms with Gasteiger partial charge in [-0.15, -0.1) is 0 Å². The Morgan fingerprint density at radius 1 is 0.905 bits per heavy atom. The monoisotopic (exact) mass is 279 g/mol. The molecule has 0 amide bonds. The largest absolute Gasteiger partial charge is 0.316 e. The van der Waals surface area contributed by atoms with Crippen LogP contribution in [0.5, 0.6) is 0 Å². The molecule has 21 heavy (non-hydrogen) atoms. The smallest absolute Gasteiger partial charge is 0.00327 e. The molecule has 1 heterocycles. The van der Waals surface area contributed by atoms with Crippen LogP contribution < -0.4 is 5.32 Å². The lowest BCUT2D eigenvalue weighted by atomic mass is 9.75. The van der Waals surface area contributed by atoms with Crippen LogP contribution in [0, 0.1) is 20.8 Å². The van der Waals surface area contributed by atoms with E-state index < -0.39 is 0 Å². The van der Waals surface area contributed by atoms with Crippen molar-refractivity contribution in [1.29, 1.82) is 0 Å². The predicted molar refractivity (Wildman–Crippen MR) is 90.1 cm³/mol. The van der Waals surface area contributed by atoms with Crippen molar-refractivity contribution in [3.05, 3.63) is 70.3 Å². The molecule has 2 atom stereocenters. The van der Waals surface area contributed by atoms with E-state index in [2.05, 4.69) is 68.6 Å². The first-order valence-corrected chi connectivity index (χ1v) is 8.00. The zero-order valence-corrected chi connectivity index (χ0v) is 13.3. The van der Waals surface area contributed by atoms with Gasteiger partial charge >= 0.3 is 0 Å². The van der Waals surface area contributed by atoms with Gasteiger partial charge in [0.15, 0.2) is 0 Å². The van der Waals surface area contributed by atoms with Crippen LogP contribution in [0.4, 0.5) is 0 Å². The van der Waals surface area contributed by atoms with Crippen molar-refractivity contribution >= 4 is 0 Å². The number of aryl methyl sites for hydroxylation is 2. The molecule has 0 aliphatic carbocycles. The Kier molecular flexibility index (Phi) is 4.12. The molecular weight excluding hydrogens is 254 g/mol. The van der Waals surface area contributed by atoms with E-state index >= 15 is 0 Å². The van der Waals surface area contributed by atoms with Gasteiger partial charge in [-0.25, -0.2) is 0 Å². The van der Waals surface area contributed by atoms with E-state index in [0.29, 0.717) is 11.8 Å². The fourth-order valence-corrected chi connectivity index (χ4v) is 3.57. The molecule has 0 saturated carbocycles. The Labute approximate surface area is 128 Å². The van der Waals surface area contributed by atoms with Crippen molar-refractivity contribution in [1.82, 2.24) is 5.32 Å². The van der Waals surface area contributed by atoms with Gasteiger partial charge in [0.05, 0.1) is 0 Å². The summed E-state index contributed by atoms with van der Waals surface area (Å²) in [5, 5.41) is 3.58. The zero-order chi connectivity index (χ0) is 14.8. The van der Waals surface area contributed by atoms with Gasteiger partial charge in [0.1, 0.15) is 0 Å². The molecule has 1 nitrogen and oxygen atoms in total. The lowest BCUT2D eigenvalue weighted by molar-refractivity contribution is 0.403. The molecule has 2 aromatic rings. The molecule has 0 spiro atoms. The Morgan fingerprint density at radius 3 is 2.43 bits per heavy atom. The minimum Gasteiger partial charge on any atom is -0.316 e. The molecule has 110 valence electrons. The molecule has 2 unspecified atom stereocenters. The molecular formula is C20H25N. The van der Waals surface area contributed by atoms with E-state index in [4.69, 9.17) is 0 Å². The Balaban J connectivity index is 1.98. The van der Waals surface area contributed by atoms with Crippen molar-refractivity contribution in [3.8, 4) is 0 Å². The van der Waals surface area contributed by atoms with Gasteiger partial charge in [0.25, 0.3) is 0 Å². The van der Waals surface area contributed by atoms with E-state index in [0.717, 1.165) is 13.1 Å². The van der Waals surface area contributed by atoms with E-state index in [1.54, 1.807) is 5.56 Å². The normalized spacial score (nSPS) is 22.2. The topological polar surface area (TPSA) is 12.0 Å². The highest BCUT2D eigenvalue weighted by Crippen LogP contribution is 2.39. The summed E-state index contributed by atoms with van der Waals surface area (Å²) in [5.41, 5.74) is 7.24.